The van der Waals surface area contributed by atoms with Gasteiger partial charge in [-0.05, 0) is 11.4 Å². The molecular formula is C11H12F3N3S2. The maximum absolute atomic E-state index is 12.4. The van der Waals surface area contributed by atoms with E-state index in [4.69, 9.17) is 0 Å². The molecule has 2 heterocycles. The van der Waals surface area contributed by atoms with Crippen molar-refractivity contribution in [1.82, 2.24) is 14.8 Å². The van der Waals surface area contributed by atoms with Crippen LogP contribution in [0.1, 0.15) is 6.92 Å². The molecule has 0 spiro atoms. The summed E-state index contributed by atoms with van der Waals surface area (Å²) in [7, 11) is 1.76. The minimum atomic E-state index is -4.16. The molecule has 104 valence electrons. The lowest BCUT2D eigenvalue weighted by Crippen LogP contribution is -2.21. The van der Waals surface area contributed by atoms with Crippen LogP contribution in [0.5, 0.6) is 0 Å². The standard InChI is InChI=1S/C11H12F3N3S2/c1-7(11(12,13)14)6-19-10-16-15-9(17(10)2)8-4-3-5-18-8/h3-5,7H,6H2,1-2H3. The third-order valence-corrected chi connectivity index (χ3v) is 4.74. The molecule has 0 amide bonds. The topological polar surface area (TPSA) is 30.7 Å². The molecule has 0 aliphatic rings. The summed E-state index contributed by atoms with van der Waals surface area (Å²) in [5, 5.41) is 10.4. The van der Waals surface area contributed by atoms with E-state index >= 15 is 0 Å². The maximum atomic E-state index is 12.4. The summed E-state index contributed by atoms with van der Waals surface area (Å²) in [6, 6.07) is 3.80. The molecule has 0 bridgehead atoms. The number of halogens is 3. The van der Waals surface area contributed by atoms with Crippen molar-refractivity contribution in [2.45, 2.75) is 18.3 Å². The first kappa shape index (κ1) is 14.4. The lowest BCUT2D eigenvalue weighted by molar-refractivity contribution is -0.162. The summed E-state index contributed by atoms with van der Waals surface area (Å²) in [4.78, 5) is 0.950. The second-order valence-electron chi connectivity index (χ2n) is 4.10. The zero-order valence-electron chi connectivity index (χ0n) is 10.3. The number of thiophene rings is 1. The molecule has 0 saturated heterocycles. The van der Waals surface area contributed by atoms with Crippen LogP contribution in [0.25, 0.3) is 10.7 Å². The molecule has 0 saturated carbocycles. The van der Waals surface area contributed by atoms with E-state index in [2.05, 4.69) is 10.2 Å². The molecule has 1 unspecified atom stereocenters. The van der Waals surface area contributed by atoms with Gasteiger partial charge < -0.3 is 4.57 Å². The van der Waals surface area contributed by atoms with Crippen LogP contribution >= 0.6 is 23.1 Å². The molecule has 2 aromatic heterocycles. The monoisotopic (exact) mass is 307 g/mol. The van der Waals surface area contributed by atoms with Gasteiger partial charge in [-0.1, -0.05) is 24.8 Å². The van der Waals surface area contributed by atoms with Crippen molar-refractivity contribution in [3.8, 4) is 10.7 Å². The Labute approximate surface area is 116 Å². The summed E-state index contributed by atoms with van der Waals surface area (Å²) < 4.78 is 39.0. The van der Waals surface area contributed by atoms with Gasteiger partial charge in [-0.25, -0.2) is 0 Å². The zero-order valence-corrected chi connectivity index (χ0v) is 11.9. The van der Waals surface area contributed by atoms with Gasteiger partial charge in [0.2, 0.25) is 0 Å². The summed E-state index contributed by atoms with van der Waals surface area (Å²) in [5.74, 6) is -0.739. The first-order chi connectivity index (χ1) is 8.89. The van der Waals surface area contributed by atoms with Gasteiger partial charge in [0.05, 0.1) is 10.8 Å². The van der Waals surface area contributed by atoms with Crippen LogP contribution in [-0.2, 0) is 7.05 Å². The average molecular weight is 307 g/mol. The number of hydrogen-bond donors (Lipinski definition) is 0. The third-order valence-electron chi connectivity index (χ3n) is 2.60. The highest BCUT2D eigenvalue weighted by atomic mass is 32.2. The van der Waals surface area contributed by atoms with Gasteiger partial charge in [-0.3, -0.25) is 0 Å². The molecule has 0 radical (unpaired) electrons. The Balaban J connectivity index is 2.07. The molecule has 0 aliphatic carbocycles. The summed E-state index contributed by atoms with van der Waals surface area (Å²) in [6.45, 7) is 1.17. The van der Waals surface area contributed by atoms with Crippen LogP contribution in [0.3, 0.4) is 0 Å². The van der Waals surface area contributed by atoms with E-state index in [0.717, 1.165) is 16.6 Å². The predicted molar refractivity (Wildman–Crippen MR) is 70.3 cm³/mol. The van der Waals surface area contributed by atoms with Crippen molar-refractivity contribution in [2.75, 3.05) is 5.75 Å². The van der Waals surface area contributed by atoms with E-state index in [0.29, 0.717) is 11.0 Å². The minimum Gasteiger partial charge on any atom is -0.305 e. The van der Waals surface area contributed by atoms with E-state index in [1.54, 1.807) is 11.6 Å². The molecule has 0 N–H and O–H groups in total. The van der Waals surface area contributed by atoms with Crippen molar-refractivity contribution in [2.24, 2.45) is 13.0 Å². The van der Waals surface area contributed by atoms with E-state index in [1.165, 1.54) is 18.3 Å². The van der Waals surface area contributed by atoms with Gasteiger partial charge in [-0.2, -0.15) is 13.2 Å². The van der Waals surface area contributed by atoms with Gasteiger partial charge >= 0.3 is 6.18 Å². The Morgan fingerprint density at radius 2 is 2.16 bits per heavy atom. The van der Waals surface area contributed by atoms with Crippen molar-refractivity contribution < 1.29 is 13.2 Å². The van der Waals surface area contributed by atoms with Crippen molar-refractivity contribution in [3.63, 3.8) is 0 Å². The number of aromatic nitrogens is 3. The molecule has 8 heteroatoms. The first-order valence-electron chi connectivity index (χ1n) is 5.52. The fourth-order valence-electron chi connectivity index (χ4n) is 1.35. The van der Waals surface area contributed by atoms with E-state index in [-0.39, 0.29) is 5.75 Å². The highest BCUT2D eigenvalue weighted by Crippen LogP contribution is 2.32. The fraction of sp³-hybridized carbons (Fsp3) is 0.455. The number of alkyl halides is 3. The van der Waals surface area contributed by atoms with Crippen LogP contribution in [-0.4, -0.2) is 26.7 Å². The predicted octanol–water partition coefficient (Wildman–Crippen LogP) is 3.83. The summed E-state index contributed by atoms with van der Waals surface area (Å²) in [5.41, 5.74) is 0. The minimum absolute atomic E-state index is 0.0556. The van der Waals surface area contributed by atoms with Gasteiger partial charge in [-0.15, -0.1) is 21.5 Å². The van der Waals surface area contributed by atoms with Crippen LogP contribution < -0.4 is 0 Å². The normalized spacial score (nSPS) is 13.7. The zero-order chi connectivity index (χ0) is 14.0. The van der Waals surface area contributed by atoms with E-state index in [1.807, 2.05) is 17.5 Å². The SMILES string of the molecule is CC(CSc1nnc(-c2cccs2)n1C)C(F)(F)F. The van der Waals surface area contributed by atoms with Crippen LogP contribution in [0.2, 0.25) is 0 Å². The first-order valence-corrected chi connectivity index (χ1v) is 7.39. The molecule has 19 heavy (non-hydrogen) atoms. The van der Waals surface area contributed by atoms with E-state index < -0.39 is 12.1 Å². The lowest BCUT2D eigenvalue weighted by Gasteiger charge is -2.14. The fourth-order valence-corrected chi connectivity index (χ4v) is 3.07. The molecule has 3 nitrogen and oxygen atoms in total. The average Bonchev–Trinajstić information content (AvgIpc) is 2.94. The Kier molecular flexibility index (Phi) is 4.19. The van der Waals surface area contributed by atoms with Crippen LogP contribution in [0.4, 0.5) is 13.2 Å². The molecule has 0 aromatic carbocycles. The Bertz CT molecular complexity index is 534. The maximum Gasteiger partial charge on any atom is 0.392 e. The lowest BCUT2D eigenvalue weighted by atomic mass is 10.2. The smallest absolute Gasteiger partial charge is 0.305 e. The second-order valence-corrected chi connectivity index (χ2v) is 6.03. The molecule has 2 aromatic rings. The van der Waals surface area contributed by atoms with Gasteiger partial charge in [0.15, 0.2) is 11.0 Å². The van der Waals surface area contributed by atoms with Gasteiger partial charge in [0.1, 0.15) is 0 Å². The molecule has 0 fully saturated rings. The van der Waals surface area contributed by atoms with Crippen molar-refractivity contribution in [3.05, 3.63) is 17.5 Å². The largest absolute Gasteiger partial charge is 0.392 e. The molecule has 2 rings (SSSR count). The highest BCUT2D eigenvalue weighted by molar-refractivity contribution is 7.99. The molecule has 1 atom stereocenters. The third kappa shape index (κ3) is 3.30. The van der Waals surface area contributed by atoms with Gasteiger partial charge in [0.25, 0.3) is 0 Å². The Hall–Kier alpha value is -1.02. The summed E-state index contributed by atoms with van der Waals surface area (Å²) >= 11 is 2.59. The summed E-state index contributed by atoms with van der Waals surface area (Å²) in [6.07, 6.45) is -4.16. The Morgan fingerprint density at radius 3 is 2.74 bits per heavy atom. The second kappa shape index (κ2) is 5.54. The number of hydrogen-bond acceptors (Lipinski definition) is 4. The van der Waals surface area contributed by atoms with Crippen LogP contribution in [0.15, 0.2) is 22.7 Å². The number of nitrogens with zero attached hydrogens (tertiary/aromatic N) is 3. The van der Waals surface area contributed by atoms with E-state index in [9.17, 15) is 13.2 Å². The molecule has 0 aliphatic heterocycles. The number of rotatable bonds is 4. The highest BCUT2D eigenvalue weighted by Gasteiger charge is 2.36. The van der Waals surface area contributed by atoms with Gasteiger partial charge in [0, 0.05) is 12.8 Å². The van der Waals surface area contributed by atoms with Crippen molar-refractivity contribution in [1.29, 1.82) is 0 Å². The molecular weight excluding hydrogens is 295 g/mol. The van der Waals surface area contributed by atoms with Crippen LogP contribution in [0, 0.1) is 5.92 Å². The van der Waals surface area contributed by atoms with Crippen molar-refractivity contribution >= 4 is 23.1 Å². The number of thioether (sulfide) groups is 1. The quantitative estimate of drug-likeness (QED) is 0.804. The Morgan fingerprint density at radius 1 is 1.42 bits per heavy atom.